The number of hydrogen-bond acceptors (Lipinski definition) is 10. The highest BCUT2D eigenvalue weighted by Gasteiger charge is 2.35. The number of nitrogens with zero attached hydrogens (tertiary/aromatic N) is 6. The number of rotatable bonds is 14. The summed E-state index contributed by atoms with van der Waals surface area (Å²) >= 11 is 0. The van der Waals surface area contributed by atoms with E-state index in [1.54, 1.807) is 36.4 Å². The van der Waals surface area contributed by atoms with Gasteiger partial charge in [0.2, 0.25) is 21.9 Å². The van der Waals surface area contributed by atoms with Crippen LogP contribution in [0.5, 0.6) is 17.4 Å². The maximum atomic E-state index is 14.5. The standard InChI is InChI=1S/C31H37FN6O6S2/c1-41-25-11-9-12-26(42-2)29(25)38-30(24-10-8-13-28(34-24)44-4)35-36-31(38)37(16-17-45(5,6)7)46(39,40)20-27(43-3)23-15-14-22(32)18-21(23)19-33/h8-15,18,27H,16-17,20H2,1-7H3/t27-/m0/s1. The van der Waals surface area contributed by atoms with Gasteiger partial charge >= 0.3 is 0 Å². The van der Waals surface area contributed by atoms with Gasteiger partial charge in [-0.15, -0.1) is 10.2 Å². The van der Waals surface area contributed by atoms with E-state index in [2.05, 4.69) is 33.9 Å². The van der Waals surface area contributed by atoms with Gasteiger partial charge in [-0.1, -0.05) is 18.2 Å². The van der Waals surface area contributed by atoms with Crippen molar-refractivity contribution in [1.82, 2.24) is 19.7 Å². The number of sulfonamides is 1. The number of benzene rings is 2. The number of hydrogen-bond donors (Lipinski definition) is 0. The molecule has 0 fully saturated rings. The number of para-hydroxylation sites is 1. The number of aromatic nitrogens is 4. The minimum Gasteiger partial charge on any atom is -0.494 e. The normalized spacial score (nSPS) is 12.7. The molecule has 246 valence electrons. The van der Waals surface area contributed by atoms with Gasteiger partial charge < -0.3 is 18.9 Å². The molecule has 2 heterocycles. The third kappa shape index (κ3) is 7.52. The summed E-state index contributed by atoms with van der Waals surface area (Å²) in [7, 11) is 0.319. The fourth-order valence-corrected chi connectivity index (χ4v) is 7.17. The monoisotopic (exact) mass is 672 g/mol. The van der Waals surface area contributed by atoms with E-state index >= 15 is 0 Å². The molecule has 0 bridgehead atoms. The smallest absolute Gasteiger partial charge is 0.246 e. The lowest BCUT2D eigenvalue weighted by Crippen LogP contribution is -2.39. The van der Waals surface area contributed by atoms with Crippen LogP contribution in [0.1, 0.15) is 17.2 Å². The van der Waals surface area contributed by atoms with Crippen LogP contribution >= 0.6 is 10.0 Å². The van der Waals surface area contributed by atoms with E-state index in [0.717, 1.165) is 12.1 Å². The summed E-state index contributed by atoms with van der Waals surface area (Å²) in [4.78, 5) is 4.53. The second-order valence-electron chi connectivity index (χ2n) is 10.9. The van der Waals surface area contributed by atoms with Crippen molar-refractivity contribution < 1.29 is 31.8 Å². The zero-order valence-corrected chi connectivity index (χ0v) is 28.4. The lowest BCUT2D eigenvalue weighted by atomic mass is 10.0. The van der Waals surface area contributed by atoms with Crippen molar-refractivity contribution in [1.29, 1.82) is 5.26 Å². The fraction of sp³-hybridized carbons (Fsp3) is 0.355. The lowest BCUT2D eigenvalue weighted by Gasteiger charge is -2.31. The molecule has 0 aliphatic rings. The quantitative estimate of drug-likeness (QED) is 0.187. The average Bonchev–Trinajstić information content (AvgIpc) is 3.46. The largest absolute Gasteiger partial charge is 0.494 e. The first kappa shape index (κ1) is 34.5. The van der Waals surface area contributed by atoms with E-state index in [-0.39, 0.29) is 29.4 Å². The molecule has 2 aromatic carbocycles. The van der Waals surface area contributed by atoms with Crippen LogP contribution in [-0.4, -0.2) is 93.4 Å². The first-order valence-corrected chi connectivity index (χ1v) is 18.6. The first-order chi connectivity index (χ1) is 21.9. The minimum atomic E-state index is -4.28. The number of ether oxygens (including phenoxy) is 4. The van der Waals surface area contributed by atoms with Crippen molar-refractivity contribution in [3.8, 4) is 40.7 Å². The number of nitriles is 1. The molecule has 0 N–H and O–H groups in total. The summed E-state index contributed by atoms with van der Waals surface area (Å²) < 4.78 is 68.1. The van der Waals surface area contributed by atoms with Gasteiger partial charge in [-0.05, 0) is 60.4 Å². The first-order valence-electron chi connectivity index (χ1n) is 13.9. The summed E-state index contributed by atoms with van der Waals surface area (Å²) in [5.41, 5.74) is 0.917. The fourth-order valence-electron chi connectivity index (χ4n) is 4.71. The van der Waals surface area contributed by atoms with Crippen LogP contribution in [0.3, 0.4) is 0 Å². The molecule has 0 aliphatic carbocycles. The third-order valence-corrected chi connectivity index (χ3v) is 10.2. The highest BCUT2D eigenvalue weighted by atomic mass is 32.3. The summed E-state index contributed by atoms with van der Waals surface area (Å²) in [6.07, 6.45) is 5.13. The molecule has 46 heavy (non-hydrogen) atoms. The van der Waals surface area contributed by atoms with Crippen molar-refractivity contribution in [2.24, 2.45) is 0 Å². The van der Waals surface area contributed by atoms with Crippen LogP contribution in [-0.2, 0) is 14.8 Å². The summed E-state index contributed by atoms with van der Waals surface area (Å²) in [6.45, 7) is 0.0489. The molecular formula is C31H37FN6O6S2. The molecule has 0 aliphatic heterocycles. The Morgan fingerprint density at radius 2 is 1.63 bits per heavy atom. The summed E-state index contributed by atoms with van der Waals surface area (Å²) in [6, 6.07) is 15.8. The predicted octanol–water partition coefficient (Wildman–Crippen LogP) is 4.58. The Labute approximate surface area is 270 Å². The van der Waals surface area contributed by atoms with E-state index in [0.29, 0.717) is 34.5 Å². The molecule has 0 saturated carbocycles. The molecule has 12 nitrogen and oxygen atoms in total. The Bertz CT molecular complexity index is 1820. The molecule has 4 rings (SSSR count). The van der Waals surface area contributed by atoms with Gasteiger partial charge in [0.1, 0.15) is 28.7 Å². The summed E-state index contributed by atoms with van der Waals surface area (Å²) in [5.74, 6) is 0.529. The van der Waals surface area contributed by atoms with E-state index < -0.39 is 37.7 Å². The van der Waals surface area contributed by atoms with Gasteiger partial charge in [0, 0.05) is 19.7 Å². The second-order valence-corrected chi connectivity index (χ2v) is 17.5. The van der Waals surface area contributed by atoms with Crippen molar-refractivity contribution in [3.63, 3.8) is 0 Å². The van der Waals surface area contributed by atoms with E-state index in [1.165, 1.54) is 43.4 Å². The van der Waals surface area contributed by atoms with E-state index in [4.69, 9.17) is 18.9 Å². The van der Waals surface area contributed by atoms with Crippen LogP contribution < -0.4 is 18.5 Å². The number of pyridine rings is 1. The van der Waals surface area contributed by atoms with Crippen molar-refractivity contribution in [2.75, 3.05) is 69.6 Å². The second kappa shape index (κ2) is 14.4. The van der Waals surface area contributed by atoms with Gasteiger partial charge in [-0.2, -0.15) is 5.26 Å². The Balaban J connectivity index is 1.98. The SMILES string of the molecule is COc1cccc(-c2nnc(N(CCS(C)(C)C)S(=O)(=O)C[C@H](OC)c3ccc(F)cc3C#N)n2-c2c(OC)cccc2OC)n1. The Hall–Kier alpha value is -4.39. The van der Waals surface area contributed by atoms with Gasteiger partial charge in [-0.3, -0.25) is 4.57 Å². The summed E-state index contributed by atoms with van der Waals surface area (Å²) in [5, 5.41) is 18.5. The Kier molecular flexibility index (Phi) is 10.8. The Morgan fingerprint density at radius 1 is 0.957 bits per heavy atom. The zero-order valence-electron chi connectivity index (χ0n) is 26.7. The lowest BCUT2D eigenvalue weighted by molar-refractivity contribution is 0.121. The molecule has 0 spiro atoms. The highest BCUT2D eigenvalue weighted by Crippen LogP contribution is 2.40. The minimum absolute atomic E-state index is 0.0268. The third-order valence-electron chi connectivity index (χ3n) is 7.03. The Morgan fingerprint density at radius 3 is 2.22 bits per heavy atom. The van der Waals surface area contributed by atoms with Crippen LogP contribution in [0.25, 0.3) is 17.2 Å². The van der Waals surface area contributed by atoms with Crippen LogP contribution in [0.15, 0.2) is 54.6 Å². The van der Waals surface area contributed by atoms with E-state index in [1.807, 2.05) is 6.07 Å². The molecule has 0 unspecified atom stereocenters. The predicted molar refractivity (Wildman–Crippen MR) is 176 cm³/mol. The van der Waals surface area contributed by atoms with Crippen molar-refractivity contribution in [3.05, 3.63) is 71.5 Å². The number of anilines is 1. The van der Waals surface area contributed by atoms with Gasteiger partial charge in [0.25, 0.3) is 0 Å². The topological polar surface area (TPSA) is 142 Å². The van der Waals surface area contributed by atoms with E-state index in [9.17, 15) is 18.1 Å². The zero-order chi connectivity index (χ0) is 33.6. The van der Waals surface area contributed by atoms with Gasteiger partial charge in [0.15, 0.2) is 5.82 Å². The highest BCUT2D eigenvalue weighted by molar-refractivity contribution is 8.32. The molecule has 2 aromatic heterocycles. The number of halogens is 1. The molecule has 0 saturated heterocycles. The van der Waals surface area contributed by atoms with Gasteiger partial charge in [0.05, 0.1) is 44.8 Å². The van der Waals surface area contributed by atoms with Gasteiger partial charge in [-0.25, -0.2) is 32.1 Å². The molecular weight excluding hydrogens is 636 g/mol. The molecule has 15 heteroatoms. The van der Waals surface area contributed by atoms with Crippen LogP contribution in [0.4, 0.5) is 10.3 Å². The molecule has 4 aromatic rings. The number of methoxy groups -OCH3 is 4. The maximum absolute atomic E-state index is 14.5. The molecule has 0 amide bonds. The maximum Gasteiger partial charge on any atom is 0.246 e. The molecule has 0 radical (unpaired) electrons. The molecule has 1 atom stereocenters. The van der Waals surface area contributed by atoms with Crippen molar-refractivity contribution >= 4 is 26.0 Å². The van der Waals surface area contributed by atoms with Crippen LogP contribution in [0, 0.1) is 17.1 Å². The van der Waals surface area contributed by atoms with Crippen molar-refractivity contribution in [2.45, 2.75) is 6.10 Å². The van der Waals surface area contributed by atoms with Crippen LogP contribution in [0.2, 0.25) is 0 Å². The average molecular weight is 673 g/mol.